The molecule has 2 aromatic heterocycles. The minimum atomic E-state index is -4.57. The van der Waals surface area contributed by atoms with Crippen molar-refractivity contribution in [3.8, 4) is 0 Å². The van der Waals surface area contributed by atoms with Gasteiger partial charge >= 0.3 is 12.3 Å². The third-order valence-electron chi connectivity index (χ3n) is 8.30. The van der Waals surface area contributed by atoms with E-state index in [9.17, 15) is 27.6 Å². The van der Waals surface area contributed by atoms with Crippen molar-refractivity contribution in [2.24, 2.45) is 5.92 Å². The Morgan fingerprint density at radius 2 is 1.98 bits per heavy atom. The second kappa shape index (κ2) is 9.69. The van der Waals surface area contributed by atoms with Gasteiger partial charge in [-0.05, 0) is 86.5 Å². The van der Waals surface area contributed by atoms with Crippen molar-refractivity contribution in [3.63, 3.8) is 0 Å². The molecule has 3 aromatic rings. The molecule has 1 aromatic carbocycles. The largest absolute Gasteiger partial charge is 0.444 e. The van der Waals surface area contributed by atoms with Crippen LogP contribution in [0.1, 0.15) is 56.9 Å². The molecule has 0 radical (unpaired) electrons. The zero-order valence-corrected chi connectivity index (χ0v) is 25.2. The first-order valence-corrected chi connectivity index (χ1v) is 14.6. The summed E-state index contributed by atoms with van der Waals surface area (Å²) in [5, 5.41) is 6.55. The van der Waals surface area contributed by atoms with Crippen LogP contribution < -0.4 is 10.9 Å². The summed E-state index contributed by atoms with van der Waals surface area (Å²) in [6, 6.07) is 2.65. The molecule has 1 spiro atoms. The standard InChI is InChI=1S/C27H27BrClF3N6O4/c1-25(2,3)42-24(41)36-9-8-26(14-11-18(14)36)7-6-17-20(26)21(40)38-23(34-22(28)35-38)37(17)12-19(39)33-16-5-4-13(10-15(16)29)27(30,31)32/h4-5,10,14,18H,6-9,11-12H2,1-3H3,(H,33,39). The normalized spacial score (nSPS) is 23.2. The van der Waals surface area contributed by atoms with Gasteiger partial charge in [0.1, 0.15) is 12.1 Å². The number of hydrogen-bond donors (Lipinski definition) is 1. The molecule has 2 amide bonds. The molecule has 3 unspecified atom stereocenters. The Morgan fingerprint density at radius 1 is 1.24 bits per heavy atom. The number of rotatable bonds is 3. The summed E-state index contributed by atoms with van der Waals surface area (Å²) >= 11 is 9.28. The summed E-state index contributed by atoms with van der Waals surface area (Å²) in [4.78, 5) is 46.0. The Kier molecular flexibility index (Phi) is 6.69. The lowest BCUT2D eigenvalue weighted by Gasteiger charge is -2.39. The van der Waals surface area contributed by atoms with Crippen molar-refractivity contribution in [2.75, 3.05) is 11.9 Å². The Bertz CT molecular complexity index is 1700. The molecule has 1 N–H and O–H groups in total. The smallest absolute Gasteiger partial charge is 0.416 e. The van der Waals surface area contributed by atoms with Crippen molar-refractivity contribution < 1.29 is 27.5 Å². The Balaban J connectivity index is 1.32. The number of carbonyl (C=O) groups excluding carboxylic acids is 2. The predicted octanol–water partition coefficient (Wildman–Crippen LogP) is 5.18. The highest BCUT2D eigenvalue weighted by Gasteiger charge is 2.63. The maximum Gasteiger partial charge on any atom is 0.416 e. The van der Waals surface area contributed by atoms with E-state index >= 15 is 0 Å². The van der Waals surface area contributed by atoms with Crippen LogP contribution in [0.15, 0.2) is 27.7 Å². The van der Waals surface area contributed by atoms with Gasteiger partial charge in [-0.25, -0.2) is 4.79 Å². The molecule has 0 bridgehead atoms. The quantitative estimate of drug-likeness (QED) is 0.411. The molecule has 3 aliphatic rings. The lowest BCUT2D eigenvalue weighted by molar-refractivity contribution is -0.137. The van der Waals surface area contributed by atoms with E-state index in [0.29, 0.717) is 37.1 Å². The van der Waals surface area contributed by atoms with Gasteiger partial charge in [-0.15, -0.1) is 5.10 Å². The van der Waals surface area contributed by atoms with E-state index in [1.54, 1.807) is 9.47 Å². The maximum absolute atomic E-state index is 13.9. The number of piperidine rings is 1. The molecule has 15 heteroatoms. The number of nitrogens with one attached hydrogen (secondary N) is 1. The fourth-order valence-electron chi connectivity index (χ4n) is 6.55. The SMILES string of the molecule is CC(C)(C)OC(=O)N1CCC2(CCc3c2c(=O)n2nc(Br)nc2n3CC(=O)Nc2ccc(C(F)(F)F)cc2Cl)C2CC21. The van der Waals surface area contributed by atoms with Gasteiger partial charge in [0.05, 0.1) is 16.3 Å². The minimum Gasteiger partial charge on any atom is -0.444 e. The van der Waals surface area contributed by atoms with Gasteiger partial charge < -0.3 is 19.5 Å². The number of ether oxygens (including phenoxy) is 1. The van der Waals surface area contributed by atoms with Crippen LogP contribution in [0.2, 0.25) is 5.02 Å². The number of benzene rings is 1. The summed E-state index contributed by atoms with van der Waals surface area (Å²) < 4.78 is 47.7. The molecular weight excluding hydrogens is 645 g/mol. The molecule has 3 heterocycles. The monoisotopic (exact) mass is 670 g/mol. The first kappa shape index (κ1) is 29.0. The summed E-state index contributed by atoms with van der Waals surface area (Å²) in [5.41, 5.74) is -1.09. The predicted molar refractivity (Wildman–Crippen MR) is 149 cm³/mol. The van der Waals surface area contributed by atoms with Crippen LogP contribution >= 0.6 is 27.5 Å². The van der Waals surface area contributed by atoms with Crippen molar-refractivity contribution in [1.29, 1.82) is 0 Å². The first-order valence-electron chi connectivity index (χ1n) is 13.4. The number of likely N-dealkylation sites (tertiary alicyclic amines) is 1. The maximum atomic E-state index is 13.9. The third-order valence-corrected chi connectivity index (χ3v) is 8.95. The Labute approximate surface area is 251 Å². The molecular formula is C27H27BrClF3N6O4. The summed E-state index contributed by atoms with van der Waals surface area (Å²) in [6.45, 7) is 5.61. The number of aromatic nitrogens is 4. The van der Waals surface area contributed by atoms with Crippen LogP contribution in [-0.2, 0) is 34.1 Å². The van der Waals surface area contributed by atoms with E-state index < -0.39 is 28.7 Å². The first-order chi connectivity index (χ1) is 19.6. The number of halogens is 5. The number of fused-ring (bicyclic) bond motifs is 5. The lowest BCUT2D eigenvalue weighted by Crippen LogP contribution is -2.49. The van der Waals surface area contributed by atoms with Crippen LogP contribution in [0.4, 0.5) is 23.7 Å². The van der Waals surface area contributed by atoms with Crippen molar-refractivity contribution >= 4 is 51.0 Å². The minimum absolute atomic E-state index is 0.0258. The molecule has 6 rings (SSSR count). The highest BCUT2D eigenvalue weighted by atomic mass is 79.9. The van der Waals surface area contributed by atoms with Crippen molar-refractivity contribution in [2.45, 2.75) is 76.2 Å². The van der Waals surface area contributed by atoms with Gasteiger partial charge in [-0.2, -0.15) is 22.7 Å². The van der Waals surface area contributed by atoms with Crippen LogP contribution in [0.5, 0.6) is 0 Å². The molecule has 1 aliphatic heterocycles. The van der Waals surface area contributed by atoms with E-state index in [0.717, 1.165) is 24.6 Å². The van der Waals surface area contributed by atoms with Gasteiger partial charge in [-0.1, -0.05) is 11.6 Å². The molecule has 3 atom stereocenters. The number of carbonyl (C=O) groups is 2. The van der Waals surface area contributed by atoms with Crippen LogP contribution in [0, 0.1) is 5.92 Å². The average Bonchev–Trinajstić information content (AvgIpc) is 3.46. The van der Waals surface area contributed by atoms with Gasteiger partial charge in [0.2, 0.25) is 16.4 Å². The molecule has 42 heavy (non-hydrogen) atoms. The van der Waals surface area contributed by atoms with Crippen molar-refractivity contribution in [1.82, 2.24) is 24.1 Å². The summed E-state index contributed by atoms with van der Waals surface area (Å²) in [6.07, 6.45) is -2.46. The van der Waals surface area contributed by atoms with Crippen LogP contribution in [0.3, 0.4) is 0 Å². The van der Waals surface area contributed by atoms with E-state index in [4.69, 9.17) is 16.3 Å². The molecule has 2 fully saturated rings. The summed E-state index contributed by atoms with van der Waals surface area (Å²) in [5.74, 6) is -0.339. The fourth-order valence-corrected chi connectivity index (χ4v) is 7.10. The van der Waals surface area contributed by atoms with E-state index in [2.05, 4.69) is 31.3 Å². The molecule has 224 valence electrons. The highest BCUT2D eigenvalue weighted by molar-refractivity contribution is 9.10. The number of anilines is 1. The number of hydrogen-bond acceptors (Lipinski definition) is 6. The second-order valence-electron chi connectivity index (χ2n) is 12.0. The van der Waals surface area contributed by atoms with Gasteiger partial charge in [0, 0.05) is 29.3 Å². The fraction of sp³-hybridized carbons (Fsp3) is 0.519. The number of amides is 2. The zero-order chi connectivity index (χ0) is 30.4. The van der Waals surface area contributed by atoms with Crippen LogP contribution in [-0.4, -0.2) is 54.3 Å². The van der Waals surface area contributed by atoms with E-state index in [1.165, 1.54) is 4.52 Å². The molecule has 2 aliphatic carbocycles. The number of alkyl halides is 3. The van der Waals surface area contributed by atoms with Crippen molar-refractivity contribution in [3.05, 3.63) is 55.1 Å². The van der Waals surface area contributed by atoms with E-state index in [-0.39, 0.29) is 51.4 Å². The van der Waals surface area contributed by atoms with Crippen LogP contribution in [0.25, 0.3) is 5.78 Å². The Morgan fingerprint density at radius 3 is 2.64 bits per heavy atom. The van der Waals surface area contributed by atoms with Gasteiger partial charge in [0.15, 0.2) is 0 Å². The molecule has 10 nitrogen and oxygen atoms in total. The third kappa shape index (κ3) is 4.85. The lowest BCUT2D eigenvalue weighted by atomic mass is 9.73. The Hall–Kier alpha value is -3.13. The number of nitrogens with zero attached hydrogens (tertiary/aromatic N) is 5. The van der Waals surface area contributed by atoms with E-state index in [1.807, 2.05) is 20.8 Å². The second-order valence-corrected chi connectivity index (χ2v) is 13.2. The topological polar surface area (TPSA) is 111 Å². The highest BCUT2D eigenvalue weighted by Crippen LogP contribution is 2.59. The zero-order valence-electron chi connectivity index (χ0n) is 22.9. The van der Waals surface area contributed by atoms with Gasteiger partial charge in [-0.3, -0.25) is 9.59 Å². The average molecular weight is 672 g/mol. The molecule has 1 saturated heterocycles. The molecule has 1 saturated carbocycles. The van der Waals surface area contributed by atoms with Gasteiger partial charge in [0.25, 0.3) is 5.56 Å². The summed E-state index contributed by atoms with van der Waals surface area (Å²) in [7, 11) is 0.